The van der Waals surface area contributed by atoms with Crippen molar-refractivity contribution < 1.29 is 28.2 Å². The Bertz CT molecular complexity index is 624. The maximum absolute atomic E-state index is 10.6. The normalized spacial score (nSPS) is 16.6. The summed E-state index contributed by atoms with van der Waals surface area (Å²) in [5.74, 6) is -2.05. The molecule has 7 nitrogen and oxygen atoms in total. The van der Waals surface area contributed by atoms with Crippen LogP contribution in [0.2, 0.25) is 0 Å². The molecular weight excluding hydrogens is 377 g/mol. The number of halogens is 3. The van der Waals surface area contributed by atoms with Crippen LogP contribution in [0, 0.1) is 5.92 Å². The van der Waals surface area contributed by atoms with Crippen molar-refractivity contribution in [2.75, 3.05) is 26.2 Å². The molecule has 0 atom stereocenters. The van der Waals surface area contributed by atoms with Gasteiger partial charge in [0, 0.05) is 25.9 Å². The average Bonchev–Trinajstić information content (AvgIpc) is 3.08. The molecule has 0 bridgehead atoms. The molecule has 0 spiro atoms. The van der Waals surface area contributed by atoms with Gasteiger partial charge in [-0.25, -0.2) is 4.79 Å². The van der Waals surface area contributed by atoms with Crippen LogP contribution in [-0.2, 0) is 17.8 Å². The Morgan fingerprint density at radius 1 is 1.36 bits per heavy atom. The quantitative estimate of drug-likeness (QED) is 0.676. The van der Waals surface area contributed by atoms with Crippen LogP contribution in [0.3, 0.4) is 0 Å². The minimum atomic E-state index is -5.08. The van der Waals surface area contributed by atoms with Gasteiger partial charge in [-0.1, -0.05) is 16.9 Å². The topological polar surface area (TPSA) is 91.5 Å². The largest absolute Gasteiger partial charge is 0.490 e. The summed E-state index contributed by atoms with van der Waals surface area (Å²) in [6.45, 7) is 8.98. The summed E-state index contributed by atoms with van der Waals surface area (Å²) in [5, 5.41) is 24.3. The number of piperidine rings is 1. The van der Waals surface area contributed by atoms with Crippen molar-refractivity contribution in [1.29, 1.82) is 0 Å². The molecule has 0 aliphatic carbocycles. The molecular formula is C18H29F3N4O3. The molecule has 1 aromatic heterocycles. The van der Waals surface area contributed by atoms with Crippen LogP contribution in [0.5, 0.6) is 0 Å². The number of hydrogen-bond donors (Lipinski definition) is 2. The molecule has 28 heavy (non-hydrogen) atoms. The van der Waals surface area contributed by atoms with Crippen molar-refractivity contribution in [1.82, 2.24) is 19.9 Å². The fourth-order valence-electron chi connectivity index (χ4n) is 2.84. The molecule has 1 aliphatic heterocycles. The Labute approximate surface area is 162 Å². The fraction of sp³-hybridized carbons (Fsp3) is 0.722. The number of aliphatic carboxylic acids is 1. The highest BCUT2D eigenvalue weighted by Gasteiger charge is 2.38. The number of alkyl halides is 3. The lowest BCUT2D eigenvalue weighted by atomic mass is 9.96. The molecule has 1 aliphatic rings. The first-order valence-corrected chi connectivity index (χ1v) is 9.29. The van der Waals surface area contributed by atoms with Gasteiger partial charge in [0.25, 0.3) is 0 Å². The summed E-state index contributed by atoms with van der Waals surface area (Å²) in [4.78, 5) is 11.4. The Morgan fingerprint density at radius 3 is 2.46 bits per heavy atom. The summed E-state index contributed by atoms with van der Waals surface area (Å²) in [5.41, 5.74) is 2.45. The molecule has 0 unspecified atom stereocenters. The molecule has 10 heteroatoms. The second-order valence-electron chi connectivity index (χ2n) is 6.92. The van der Waals surface area contributed by atoms with Gasteiger partial charge in [-0.05, 0) is 58.5 Å². The third-order valence-corrected chi connectivity index (χ3v) is 4.54. The number of hydrogen-bond acceptors (Lipinski definition) is 5. The Balaban J connectivity index is 0.000000480. The van der Waals surface area contributed by atoms with Crippen LogP contribution >= 0.6 is 0 Å². The summed E-state index contributed by atoms with van der Waals surface area (Å²) in [6.07, 6.45) is 3.21. The van der Waals surface area contributed by atoms with E-state index < -0.39 is 12.1 Å². The highest BCUT2D eigenvalue weighted by molar-refractivity contribution is 5.73. The molecule has 1 fully saturated rings. The zero-order valence-electron chi connectivity index (χ0n) is 16.3. The number of carboxylic acid groups (broad SMARTS) is 1. The zero-order chi connectivity index (χ0) is 21.2. The number of carbonyl (C=O) groups is 1. The molecule has 2 heterocycles. The highest BCUT2D eigenvalue weighted by Crippen LogP contribution is 2.19. The lowest BCUT2D eigenvalue weighted by molar-refractivity contribution is -0.192. The maximum atomic E-state index is 10.6. The summed E-state index contributed by atoms with van der Waals surface area (Å²) < 4.78 is 33.7. The van der Waals surface area contributed by atoms with Crippen LogP contribution in [0.15, 0.2) is 17.8 Å². The molecule has 0 amide bonds. The second kappa shape index (κ2) is 11.8. The van der Waals surface area contributed by atoms with Crippen LogP contribution < -0.4 is 0 Å². The van der Waals surface area contributed by atoms with Crippen molar-refractivity contribution >= 4 is 5.97 Å². The molecule has 160 valence electrons. The standard InChI is InChI=1S/C16H28N4O.C2HF3O2/c1-3-14(2)11-19-8-6-15(7-9-19)12-20-13-16(17-18-20)5-4-10-21;3-2(4,5)1(6)7/h3,13,15,21H,4-12H2,1-2H3;(H,6,7). The molecule has 0 radical (unpaired) electrons. The third kappa shape index (κ3) is 9.32. The van der Waals surface area contributed by atoms with Gasteiger partial charge in [0.05, 0.1) is 5.69 Å². The van der Waals surface area contributed by atoms with Crippen LogP contribution in [0.4, 0.5) is 13.2 Å². The van der Waals surface area contributed by atoms with Gasteiger partial charge in [-0.2, -0.15) is 13.2 Å². The Hall–Kier alpha value is -1.94. The predicted molar refractivity (Wildman–Crippen MR) is 97.7 cm³/mol. The van der Waals surface area contributed by atoms with Gasteiger partial charge >= 0.3 is 12.1 Å². The fourth-order valence-corrected chi connectivity index (χ4v) is 2.84. The van der Waals surface area contributed by atoms with E-state index in [1.165, 1.54) is 31.5 Å². The summed E-state index contributed by atoms with van der Waals surface area (Å²) in [7, 11) is 0. The van der Waals surface area contributed by atoms with Crippen molar-refractivity contribution in [3.63, 3.8) is 0 Å². The average molecular weight is 406 g/mol. The van der Waals surface area contributed by atoms with E-state index in [2.05, 4.69) is 35.1 Å². The Kier molecular flexibility index (Phi) is 10.2. The molecule has 2 rings (SSSR count). The first kappa shape index (κ1) is 24.1. The number of nitrogens with zero attached hydrogens (tertiary/aromatic N) is 4. The number of carboxylic acids is 1. The van der Waals surface area contributed by atoms with E-state index in [4.69, 9.17) is 15.0 Å². The van der Waals surface area contributed by atoms with Gasteiger partial charge in [0.15, 0.2) is 0 Å². The molecule has 2 N–H and O–H groups in total. The maximum Gasteiger partial charge on any atom is 0.490 e. The highest BCUT2D eigenvalue weighted by atomic mass is 19.4. The molecule has 0 aromatic carbocycles. The second-order valence-corrected chi connectivity index (χ2v) is 6.92. The number of aromatic nitrogens is 3. The van der Waals surface area contributed by atoms with Gasteiger partial charge in [-0.15, -0.1) is 5.10 Å². The van der Waals surface area contributed by atoms with Crippen molar-refractivity contribution in [3.05, 3.63) is 23.5 Å². The summed E-state index contributed by atoms with van der Waals surface area (Å²) >= 11 is 0. The monoisotopic (exact) mass is 406 g/mol. The molecule has 0 saturated carbocycles. The van der Waals surface area contributed by atoms with Crippen molar-refractivity contribution in [2.24, 2.45) is 5.92 Å². The van der Waals surface area contributed by atoms with E-state index in [-0.39, 0.29) is 6.61 Å². The van der Waals surface area contributed by atoms with Gasteiger partial charge in [0.2, 0.25) is 0 Å². The summed E-state index contributed by atoms with van der Waals surface area (Å²) in [6, 6.07) is 0. The number of aryl methyl sites for hydroxylation is 1. The Morgan fingerprint density at radius 2 is 1.96 bits per heavy atom. The van der Waals surface area contributed by atoms with E-state index >= 15 is 0 Å². The first-order chi connectivity index (χ1) is 13.2. The number of allylic oxidation sites excluding steroid dienone is 1. The number of likely N-dealkylation sites (tertiary alicyclic amines) is 1. The van der Waals surface area contributed by atoms with E-state index in [1.807, 2.05) is 10.9 Å². The number of aliphatic hydroxyl groups excluding tert-OH is 1. The number of rotatable bonds is 7. The lowest BCUT2D eigenvalue weighted by Crippen LogP contribution is -2.36. The van der Waals surface area contributed by atoms with E-state index in [9.17, 15) is 13.2 Å². The van der Waals surface area contributed by atoms with Crippen LogP contribution in [0.25, 0.3) is 0 Å². The van der Waals surface area contributed by atoms with Crippen molar-refractivity contribution in [3.8, 4) is 0 Å². The third-order valence-electron chi connectivity index (χ3n) is 4.54. The minimum Gasteiger partial charge on any atom is -0.475 e. The van der Waals surface area contributed by atoms with E-state index in [0.717, 1.165) is 31.6 Å². The van der Waals surface area contributed by atoms with Gasteiger partial charge in [0.1, 0.15) is 0 Å². The minimum absolute atomic E-state index is 0.219. The van der Waals surface area contributed by atoms with Crippen LogP contribution in [-0.4, -0.2) is 68.5 Å². The number of aliphatic hydroxyl groups is 1. The molecule has 1 saturated heterocycles. The van der Waals surface area contributed by atoms with Crippen molar-refractivity contribution in [2.45, 2.75) is 52.3 Å². The first-order valence-electron chi connectivity index (χ1n) is 9.29. The van der Waals surface area contributed by atoms with E-state index in [1.54, 1.807) is 0 Å². The zero-order valence-corrected chi connectivity index (χ0v) is 16.3. The van der Waals surface area contributed by atoms with Gasteiger partial charge in [-0.3, -0.25) is 9.58 Å². The smallest absolute Gasteiger partial charge is 0.475 e. The SMILES string of the molecule is CC=C(C)CN1CCC(Cn2cc(CCCO)nn2)CC1.O=C(O)C(F)(F)F. The van der Waals surface area contributed by atoms with Crippen LogP contribution in [0.1, 0.15) is 38.8 Å². The van der Waals surface area contributed by atoms with E-state index in [0.29, 0.717) is 5.92 Å². The molecule has 1 aromatic rings. The predicted octanol–water partition coefficient (Wildman–Crippen LogP) is 2.51. The lowest BCUT2D eigenvalue weighted by Gasteiger charge is -2.32. The van der Waals surface area contributed by atoms with Gasteiger partial charge < -0.3 is 10.2 Å².